The smallest absolute Gasteiger partial charge is 0.290 e. The normalized spacial score (nSPS) is 11.8. The Labute approximate surface area is 129 Å². The first kappa shape index (κ1) is 14.9. The largest absolute Gasteiger partial charge is 0.369 e. The van der Waals surface area contributed by atoms with Crippen LogP contribution in [-0.4, -0.2) is 30.6 Å². The lowest BCUT2D eigenvalue weighted by atomic mass is 10.2. The molecule has 0 bridgehead atoms. The van der Waals surface area contributed by atoms with E-state index in [4.69, 9.17) is 5.73 Å². The monoisotopic (exact) mass is 318 g/mol. The number of nitrogens with zero attached hydrogens (tertiary/aromatic N) is 5. The molecule has 0 fully saturated rings. The van der Waals surface area contributed by atoms with Gasteiger partial charge in [-0.05, 0) is 6.07 Å². The molecule has 0 aromatic carbocycles. The molecule has 7 nitrogen and oxygen atoms in total. The van der Waals surface area contributed by atoms with Crippen molar-refractivity contribution in [2.75, 3.05) is 0 Å². The predicted octanol–water partition coefficient (Wildman–Crippen LogP) is 1.35. The van der Waals surface area contributed by atoms with E-state index in [9.17, 15) is 13.6 Å². The van der Waals surface area contributed by atoms with E-state index in [2.05, 4.69) is 20.1 Å². The maximum atomic E-state index is 13.7. The number of carbonyl (C=O) groups excluding carboxylic acids is 1. The highest BCUT2D eigenvalue weighted by molar-refractivity contribution is 5.82. The number of aromatic nitrogens is 5. The van der Waals surface area contributed by atoms with Gasteiger partial charge in [0.1, 0.15) is 0 Å². The zero-order chi connectivity index (χ0) is 16.6. The summed E-state index contributed by atoms with van der Waals surface area (Å²) in [7, 11) is 0. The van der Waals surface area contributed by atoms with Crippen LogP contribution in [-0.2, 0) is 17.1 Å². The molecule has 0 saturated heterocycles. The first-order valence-corrected chi connectivity index (χ1v) is 6.67. The summed E-state index contributed by atoms with van der Waals surface area (Å²) in [6.45, 7) is 0.742. The van der Waals surface area contributed by atoms with Gasteiger partial charge >= 0.3 is 0 Å². The van der Waals surface area contributed by atoms with E-state index in [1.165, 1.54) is 29.5 Å². The molecule has 0 saturated carbocycles. The highest BCUT2D eigenvalue weighted by atomic mass is 19.3. The van der Waals surface area contributed by atoms with Crippen molar-refractivity contribution in [3.8, 4) is 5.82 Å². The Bertz CT molecular complexity index is 886. The van der Waals surface area contributed by atoms with Gasteiger partial charge in [0.25, 0.3) is 5.92 Å². The van der Waals surface area contributed by atoms with Crippen LogP contribution in [0.15, 0.2) is 30.9 Å². The molecule has 3 rings (SSSR count). The number of pyridine rings is 1. The number of hydrogen-bond donors (Lipinski definition) is 1. The van der Waals surface area contributed by atoms with E-state index in [1.54, 1.807) is 6.07 Å². The van der Waals surface area contributed by atoms with Gasteiger partial charge in [0, 0.05) is 30.9 Å². The number of hydrogen-bond acceptors (Lipinski definition) is 5. The van der Waals surface area contributed by atoms with E-state index >= 15 is 0 Å². The Morgan fingerprint density at radius 2 is 2.00 bits per heavy atom. The van der Waals surface area contributed by atoms with Crippen LogP contribution < -0.4 is 5.73 Å². The van der Waals surface area contributed by atoms with Gasteiger partial charge in [-0.3, -0.25) is 9.78 Å². The summed E-state index contributed by atoms with van der Waals surface area (Å²) in [4.78, 5) is 22.8. The minimum absolute atomic E-state index is 0.0572. The van der Waals surface area contributed by atoms with Gasteiger partial charge in [-0.2, -0.15) is 13.9 Å². The van der Waals surface area contributed by atoms with Gasteiger partial charge in [-0.25, -0.2) is 14.6 Å². The van der Waals surface area contributed by atoms with Gasteiger partial charge < -0.3 is 5.73 Å². The summed E-state index contributed by atoms with van der Waals surface area (Å²) >= 11 is 0. The SMILES string of the molecule is CC(F)(F)c1nccnc1-n1ncc2cnc(CC(N)=O)cc21. The molecule has 2 N–H and O–H groups in total. The summed E-state index contributed by atoms with van der Waals surface area (Å²) in [6.07, 6.45) is 5.42. The summed E-state index contributed by atoms with van der Waals surface area (Å²) in [5.41, 5.74) is 5.57. The fraction of sp³-hybridized carbons (Fsp3) is 0.214. The summed E-state index contributed by atoms with van der Waals surface area (Å²) in [5, 5.41) is 4.70. The molecule has 9 heteroatoms. The fourth-order valence-electron chi connectivity index (χ4n) is 2.20. The molecule has 0 spiro atoms. The van der Waals surface area contributed by atoms with E-state index in [0.717, 1.165) is 6.92 Å². The zero-order valence-electron chi connectivity index (χ0n) is 12.1. The lowest BCUT2D eigenvalue weighted by Crippen LogP contribution is -2.17. The lowest BCUT2D eigenvalue weighted by molar-refractivity contribution is -0.117. The third-order valence-corrected chi connectivity index (χ3v) is 3.16. The molecule has 118 valence electrons. The van der Waals surface area contributed by atoms with Crippen molar-refractivity contribution >= 4 is 16.8 Å². The number of amides is 1. The van der Waals surface area contributed by atoms with Crippen molar-refractivity contribution in [3.05, 3.63) is 42.2 Å². The summed E-state index contributed by atoms with van der Waals surface area (Å²) in [6, 6.07) is 1.57. The van der Waals surface area contributed by atoms with Crippen molar-refractivity contribution in [3.63, 3.8) is 0 Å². The Kier molecular flexibility index (Phi) is 3.47. The van der Waals surface area contributed by atoms with E-state index in [1.807, 2.05) is 0 Å². The molecular formula is C14H12F2N6O. The molecule has 3 heterocycles. The van der Waals surface area contributed by atoms with Crippen LogP contribution in [0.5, 0.6) is 0 Å². The van der Waals surface area contributed by atoms with E-state index in [0.29, 0.717) is 16.6 Å². The van der Waals surface area contributed by atoms with Gasteiger partial charge in [-0.15, -0.1) is 0 Å². The molecule has 3 aromatic rings. The minimum atomic E-state index is -3.18. The quantitative estimate of drug-likeness (QED) is 0.782. The first-order chi connectivity index (χ1) is 10.9. The number of rotatable bonds is 4. The van der Waals surface area contributed by atoms with Crippen molar-refractivity contribution in [1.29, 1.82) is 0 Å². The standard InChI is InChI=1S/C14H12F2N6O/c1-14(15,16)12-13(19-3-2-18-12)22-10-4-9(5-11(17)23)20-6-8(10)7-21-22/h2-4,6-7H,5H2,1H3,(H2,17,23). The second-order valence-electron chi connectivity index (χ2n) is 5.05. The van der Waals surface area contributed by atoms with Crippen molar-refractivity contribution in [2.24, 2.45) is 5.73 Å². The summed E-state index contributed by atoms with van der Waals surface area (Å²) in [5.74, 6) is -3.79. The van der Waals surface area contributed by atoms with Gasteiger partial charge in [0.05, 0.1) is 23.8 Å². The molecular weight excluding hydrogens is 306 g/mol. The van der Waals surface area contributed by atoms with Crippen molar-refractivity contribution in [2.45, 2.75) is 19.3 Å². The van der Waals surface area contributed by atoms with Crippen LogP contribution in [0.2, 0.25) is 0 Å². The third-order valence-electron chi connectivity index (χ3n) is 3.16. The van der Waals surface area contributed by atoms with Gasteiger partial charge in [-0.1, -0.05) is 0 Å². The second-order valence-corrected chi connectivity index (χ2v) is 5.05. The first-order valence-electron chi connectivity index (χ1n) is 6.67. The fourth-order valence-corrected chi connectivity index (χ4v) is 2.20. The number of carbonyl (C=O) groups is 1. The third kappa shape index (κ3) is 2.85. The molecule has 0 radical (unpaired) electrons. The zero-order valence-corrected chi connectivity index (χ0v) is 12.1. The highest BCUT2D eigenvalue weighted by Crippen LogP contribution is 2.30. The molecule has 0 aliphatic rings. The molecule has 0 aliphatic carbocycles. The molecule has 3 aromatic heterocycles. The van der Waals surface area contributed by atoms with Crippen molar-refractivity contribution in [1.82, 2.24) is 24.7 Å². The van der Waals surface area contributed by atoms with Crippen LogP contribution in [0.1, 0.15) is 18.3 Å². The summed E-state index contributed by atoms with van der Waals surface area (Å²) < 4.78 is 28.7. The van der Waals surface area contributed by atoms with Gasteiger partial charge in [0.2, 0.25) is 5.91 Å². The van der Waals surface area contributed by atoms with Gasteiger partial charge in [0.15, 0.2) is 11.5 Å². The molecule has 0 aliphatic heterocycles. The Morgan fingerprint density at radius 1 is 1.26 bits per heavy atom. The van der Waals surface area contributed by atoms with Crippen LogP contribution >= 0.6 is 0 Å². The van der Waals surface area contributed by atoms with Crippen LogP contribution in [0, 0.1) is 0 Å². The maximum absolute atomic E-state index is 13.7. The van der Waals surface area contributed by atoms with Crippen LogP contribution in [0.25, 0.3) is 16.7 Å². The minimum Gasteiger partial charge on any atom is -0.369 e. The maximum Gasteiger partial charge on any atom is 0.290 e. The molecule has 1 amide bonds. The molecule has 0 atom stereocenters. The van der Waals surface area contributed by atoms with Crippen LogP contribution in [0.4, 0.5) is 8.78 Å². The number of alkyl halides is 2. The average Bonchev–Trinajstić information content (AvgIpc) is 2.88. The average molecular weight is 318 g/mol. The second kappa shape index (κ2) is 5.34. The Morgan fingerprint density at radius 3 is 2.70 bits per heavy atom. The topological polar surface area (TPSA) is 99.6 Å². The highest BCUT2D eigenvalue weighted by Gasteiger charge is 2.31. The van der Waals surface area contributed by atoms with Crippen LogP contribution in [0.3, 0.4) is 0 Å². The van der Waals surface area contributed by atoms with E-state index < -0.39 is 17.5 Å². The lowest BCUT2D eigenvalue weighted by Gasteiger charge is -2.13. The Balaban J connectivity index is 2.19. The molecule has 0 unspecified atom stereocenters. The number of halogens is 2. The Hall–Kier alpha value is -2.97. The number of nitrogens with two attached hydrogens (primary N) is 1. The number of fused-ring (bicyclic) bond motifs is 1. The number of primary amides is 1. The molecule has 23 heavy (non-hydrogen) atoms. The van der Waals surface area contributed by atoms with E-state index in [-0.39, 0.29) is 12.2 Å². The predicted molar refractivity (Wildman–Crippen MR) is 76.9 cm³/mol. The van der Waals surface area contributed by atoms with Crippen molar-refractivity contribution < 1.29 is 13.6 Å².